The monoisotopic (exact) mass is 471 g/mol. The first-order valence-electron chi connectivity index (χ1n) is 11.6. The van der Waals surface area contributed by atoms with Gasteiger partial charge in [-0.25, -0.2) is 4.79 Å². The third-order valence-electron chi connectivity index (χ3n) is 5.72. The second-order valence-electron chi connectivity index (χ2n) is 8.66. The standard InChI is InChI=1S/C25H33N3O6/c1-17-7-5-8-19(26)9-6-10-20(27-33-16-23(31)28-11-3-2-4-12-28)13-18-14-21(29)15-22(30)24(18)25(32)34-17/h5-6,8,10,14-15,17,19,29-30H,2-4,7,9,11-13,16,26H2,1H3/b8-5+,10-6+,27-20-/t17-,19?/m1/s1. The van der Waals surface area contributed by atoms with Crippen LogP contribution in [-0.2, 0) is 20.8 Å². The number of carbonyl (C=O) groups is 2. The predicted octanol–water partition coefficient (Wildman–Crippen LogP) is 2.80. The molecule has 3 rings (SSSR count). The number of nitrogens with two attached hydrogens (primary N) is 1. The number of piperidine rings is 1. The number of ether oxygens (including phenoxy) is 1. The van der Waals surface area contributed by atoms with Crippen molar-refractivity contribution in [3.05, 3.63) is 47.6 Å². The molecule has 0 radical (unpaired) electrons. The van der Waals surface area contributed by atoms with Gasteiger partial charge in [0.2, 0.25) is 0 Å². The number of benzene rings is 1. The highest BCUT2D eigenvalue weighted by atomic mass is 16.6. The summed E-state index contributed by atoms with van der Waals surface area (Å²) in [7, 11) is 0. The maximum absolute atomic E-state index is 12.8. The Bertz CT molecular complexity index is 966. The molecular weight excluding hydrogens is 438 g/mol. The van der Waals surface area contributed by atoms with E-state index in [9.17, 15) is 19.8 Å². The number of allylic oxidation sites excluding steroid dienone is 1. The van der Waals surface area contributed by atoms with Crippen LogP contribution < -0.4 is 5.73 Å². The van der Waals surface area contributed by atoms with Crippen molar-refractivity contribution in [3.8, 4) is 11.5 Å². The first kappa shape index (κ1) is 25.3. The van der Waals surface area contributed by atoms with E-state index in [0.29, 0.717) is 24.1 Å². The summed E-state index contributed by atoms with van der Waals surface area (Å²) in [5.41, 5.74) is 6.78. The van der Waals surface area contributed by atoms with Crippen molar-refractivity contribution in [2.24, 2.45) is 10.9 Å². The van der Waals surface area contributed by atoms with Crippen LogP contribution in [0, 0.1) is 0 Å². The van der Waals surface area contributed by atoms with E-state index < -0.39 is 12.1 Å². The summed E-state index contributed by atoms with van der Waals surface area (Å²) in [6.07, 6.45) is 10.9. The van der Waals surface area contributed by atoms with Gasteiger partial charge >= 0.3 is 5.97 Å². The quantitative estimate of drug-likeness (QED) is 0.350. The molecule has 1 aromatic carbocycles. The molecule has 0 bridgehead atoms. The van der Waals surface area contributed by atoms with E-state index >= 15 is 0 Å². The van der Waals surface area contributed by atoms with Crippen LogP contribution in [0.2, 0.25) is 0 Å². The second-order valence-corrected chi connectivity index (χ2v) is 8.66. The molecular formula is C25H33N3O6. The van der Waals surface area contributed by atoms with Crippen LogP contribution in [0.3, 0.4) is 0 Å². The van der Waals surface area contributed by atoms with E-state index in [-0.39, 0.29) is 42.0 Å². The number of nitrogens with zero attached hydrogens (tertiary/aromatic N) is 2. The molecule has 0 spiro atoms. The highest BCUT2D eigenvalue weighted by Crippen LogP contribution is 2.29. The van der Waals surface area contributed by atoms with Gasteiger partial charge in [0, 0.05) is 38.0 Å². The first-order chi connectivity index (χ1) is 16.3. The Balaban J connectivity index is 1.86. The minimum absolute atomic E-state index is 0.0483. The van der Waals surface area contributed by atoms with E-state index in [1.807, 2.05) is 18.2 Å². The number of hydrogen-bond donors (Lipinski definition) is 3. The van der Waals surface area contributed by atoms with Crippen LogP contribution in [0.5, 0.6) is 11.5 Å². The number of phenolic OH excluding ortho intramolecular Hbond substituents is 2. The number of phenols is 2. The Morgan fingerprint density at radius 2 is 1.97 bits per heavy atom. The van der Waals surface area contributed by atoms with Crippen molar-refractivity contribution in [1.29, 1.82) is 0 Å². The molecule has 0 saturated carbocycles. The average Bonchev–Trinajstić information content (AvgIpc) is 2.78. The van der Waals surface area contributed by atoms with Gasteiger partial charge in [-0.05, 0) is 50.3 Å². The van der Waals surface area contributed by atoms with Gasteiger partial charge in [-0.2, -0.15) is 0 Å². The van der Waals surface area contributed by atoms with Crippen LogP contribution in [0.25, 0.3) is 0 Å². The molecule has 1 amide bonds. The maximum atomic E-state index is 12.8. The van der Waals surface area contributed by atoms with Crippen molar-refractivity contribution in [3.63, 3.8) is 0 Å². The molecule has 2 aliphatic heterocycles. The molecule has 1 saturated heterocycles. The highest BCUT2D eigenvalue weighted by Gasteiger charge is 2.22. The van der Waals surface area contributed by atoms with Crippen LogP contribution in [0.15, 0.2) is 41.6 Å². The molecule has 1 aromatic rings. The lowest BCUT2D eigenvalue weighted by atomic mass is 9.99. The fourth-order valence-electron chi connectivity index (χ4n) is 3.94. The number of amides is 1. The van der Waals surface area contributed by atoms with E-state index in [0.717, 1.165) is 38.4 Å². The van der Waals surface area contributed by atoms with Crippen molar-refractivity contribution in [2.45, 2.75) is 57.6 Å². The number of hydrogen-bond acceptors (Lipinski definition) is 8. The van der Waals surface area contributed by atoms with E-state index in [4.69, 9.17) is 15.3 Å². The summed E-state index contributed by atoms with van der Waals surface area (Å²) in [4.78, 5) is 32.3. The lowest BCUT2D eigenvalue weighted by Crippen LogP contribution is -2.37. The fraction of sp³-hybridized carbons (Fsp3) is 0.480. The van der Waals surface area contributed by atoms with E-state index in [1.54, 1.807) is 17.9 Å². The summed E-state index contributed by atoms with van der Waals surface area (Å²) in [5, 5.41) is 24.5. The van der Waals surface area contributed by atoms with Crippen molar-refractivity contribution in [2.75, 3.05) is 19.7 Å². The third kappa shape index (κ3) is 7.34. The molecule has 0 aliphatic carbocycles. The fourth-order valence-corrected chi connectivity index (χ4v) is 3.94. The number of aromatic hydroxyl groups is 2. The number of cyclic esters (lactones) is 1. The summed E-state index contributed by atoms with van der Waals surface area (Å²) < 4.78 is 5.48. The molecule has 9 nitrogen and oxygen atoms in total. The summed E-state index contributed by atoms with van der Waals surface area (Å²) in [6, 6.07) is 2.24. The molecule has 0 aromatic heterocycles. The Kier molecular flexibility index (Phi) is 9.09. The normalized spacial score (nSPS) is 25.1. The Morgan fingerprint density at radius 3 is 2.74 bits per heavy atom. The average molecular weight is 472 g/mol. The van der Waals surface area contributed by atoms with Gasteiger partial charge in [-0.15, -0.1) is 0 Å². The molecule has 1 fully saturated rings. The number of oxime groups is 1. The smallest absolute Gasteiger partial charge is 0.342 e. The second kappa shape index (κ2) is 12.2. The molecule has 2 atom stereocenters. The highest BCUT2D eigenvalue weighted by molar-refractivity contribution is 6.00. The van der Waals surface area contributed by atoms with Gasteiger partial charge in [0.1, 0.15) is 23.2 Å². The van der Waals surface area contributed by atoms with Gasteiger partial charge in [0.05, 0.1) is 5.71 Å². The molecule has 34 heavy (non-hydrogen) atoms. The largest absolute Gasteiger partial charge is 0.508 e. The minimum Gasteiger partial charge on any atom is -0.508 e. The Morgan fingerprint density at radius 1 is 1.21 bits per heavy atom. The number of esters is 1. The molecule has 2 heterocycles. The topological polar surface area (TPSA) is 135 Å². The van der Waals surface area contributed by atoms with Gasteiger partial charge in [-0.3, -0.25) is 4.79 Å². The van der Waals surface area contributed by atoms with Crippen molar-refractivity contribution in [1.82, 2.24) is 4.90 Å². The minimum atomic E-state index is -0.709. The molecule has 184 valence electrons. The summed E-state index contributed by atoms with van der Waals surface area (Å²) in [6.45, 7) is 2.99. The third-order valence-corrected chi connectivity index (χ3v) is 5.72. The van der Waals surface area contributed by atoms with Gasteiger partial charge in [0.25, 0.3) is 5.91 Å². The van der Waals surface area contributed by atoms with E-state index in [1.165, 1.54) is 6.07 Å². The lowest BCUT2D eigenvalue weighted by molar-refractivity contribution is -0.137. The first-order valence-corrected chi connectivity index (χ1v) is 11.6. The van der Waals surface area contributed by atoms with Gasteiger partial charge in [0.15, 0.2) is 6.61 Å². The Hall–Kier alpha value is -3.33. The van der Waals surface area contributed by atoms with Crippen LogP contribution in [-0.4, -0.2) is 64.5 Å². The summed E-state index contributed by atoms with van der Waals surface area (Å²) in [5.74, 6) is -1.43. The van der Waals surface area contributed by atoms with Gasteiger partial charge < -0.3 is 30.4 Å². The zero-order valence-electron chi connectivity index (χ0n) is 19.5. The van der Waals surface area contributed by atoms with Crippen molar-refractivity contribution < 1.29 is 29.4 Å². The van der Waals surface area contributed by atoms with Crippen LogP contribution in [0.4, 0.5) is 0 Å². The molecule has 1 unspecified atom stereocenters. The van der Waals surface area contributed by atoms with E-state index in [2.05, 4.69) is 5.16 Å². The number of fused-ring (bicyclic) bond motifs is 1. The maximum Gasteiger partial charge on any atom is 0.342 e. The predicted molar refractivity (Wildman–Crippen MR) is 128 cm³/mol. The number of carbonyl (C=O) groups excluding carboxylic acids is 2. The van der Waals surface area contributed by atoms with Gasteiger partial charge in [-0.1, -0.05) is 23.4 Å². The zero-order valence-corrected chi connectivity index (χ0v) is 19.5. The number of rotatable bonds is 3. The summed E-state index contributed by atoms with van der Waals surface area (Å²) >= 11 is 0. The van der Waals surface area contributed by atoms with Crippen LogP contribution >= 0.6 is 0 Å². The van der Waals surface area contributed by atoms with Crippen LogP contribution in [0.1, 0.15) is 54.9 Å². The lowest BCUT2D eigenvalue weighted by Gasteiger charge is -2.26. The Labute approximate surface area is 199 Å². The number of likely N-dealkylation sites (tertiary alicyclic amines) is 1. The SMILES string of the molecule is C[C@@H]1C/C=C/C(N)C/C=C/C(=N/OCC(=O)N2CCCCC2)Cc2cc(O)cc(O)c2C(=O)O1. The molecule has 9 heteroatoms. The zero-order chi connectivity index (χ0) is 24.5. The molecule has 4 N–H and O–H groups in total. The van der Waals surface area contributed by atoms with Crippen molar-refractivity contribution >= 4 is 17.6 Å². The molecule has 2 aliphatic rings.